The van der Waals surface area contributed by atoms with Crippen LogP contribution in [0.5, 0.6) is 11.5 Å². The number of unbranched alkanes of at least 4 members (excludes halogenated alkanes) is 4. The summed E-state index contributed by atoms with van der Waals surface area (Å²) in [5, 5.41) is 0. The number of aryl methyl sites for hydroxylation is 2. The van der Waals surface area contributed by atoms with Crippen molar-refractivity contribution in [3.05, 3.63) is 94.8 Å². The van der Waals surface area contributed by atoms with Crippen LogP contribution in [-0.2, 0) is 27.1 Å². The third-order valence-corrected chi connectivity index (χ3v) is 8.99. The van der Waals surface area contributed by atoms with Crippen LogP contribution in [0.1, 0.15) is 121 Å². The Morgan fingerprint density at radius 1 is 0.820 bits per heavy atom. The van der Waals surface area contributed by atoms with Crippen LogP contribution in [0.25, 0.3) is 12.2 Å². The molecule has 0 saturated heterocycles. The van der Waals surface area contributed by atoms with Gasteiger partial charge in [0.25, 0.3) is 0 Å². The van der Waals surface area contributed by atoms with E-state index >= 15 is 0 Å². The van der Waals surface area contributed by atoms with Crippen molar-refractivity contribution in [3.63, 3.8) is 0 Å². The fourth-order valence-corrected chi connectivity index (χ4v) is 5.78. The average molecular weight is 703 g/mol. The molecule has 2 aromatic carbocycles. The zero-order valence-electron chi connectivity index (χ0n) is 31.8. The molecule has 0 saturated carbocycles. The number of carbonyl (C=O) groups excluding carboxylic acids is 1. The monoisotopic (exact) mass is 702 g/mol. The molecule has 0 aliphatic rings. The molecule has 0 fully saturated rings. The van der Waals surface area contributed by atoms with Crippen LogP contribution in [0.2, 0.25) is 0 Å². The predicted molar refractivity (Wildman–Crippen MR) is 216 cm³/mol. The fraction of sp³-hybridized carbons (Fsp3) is 0.500. The summed E-state index contributed by atoms with van der Waals surface area (Å²) < 4.78 is 23.7. The van der Waals surface area contributed by atoms with E-state index in [2.05, 4.69) is 97.8 Å². The first-order valence-corrected chi connectivity index (χ1v) is 19.3. The van der Waals surface area contributed by atoms with Gasteiger partial charge in [-0.2, -0.15) is 0 Å². The van der Waals surface area contributed by atoms with Gasteiger partial charge in [0.15, 0.2) is 5.78 Å². The summed E-state index contributed by atoms with van der Waals surface area (Å²) in [5.41, 5.74) is 6.06. The van der Waals surface area contributed by atoms with E-state index in [1.54, 1.807) is 7.11 Å². The van der Waals surface area contributed by atoms with Crippen molar-refractivity contribution in [1.82, 2.24) is 0 Å². The molecule has 0 aromatic heterocycles. The third kappa shape index (κ3) is 16.5. The van der Waals surface area contributed by atoms with Gasteiger partial charge in [-0.1, -0.05) is 93.1 Å². The van der Waals surface area contributed by atoms with Gasteiger partial charge in [-0.15, -0.1) is 0 Å². The second-order valence-corrected chi connectivity index (χ2v) is 13.3. The topological polar surface area (TPSA) is 54.0 Å². The second-order valence-electron chi connectivity index (χ2n) is 12.8. The van der Waals surface area contributed by atoms with E-state index in [1.807, 2.05) is 19.1 Å². The fourth-order valence-electron chi connectivity index (χ4n) is 5.70. The highest BCUT2D eigenvalue weighted by molar-refractivity contribution is 7.21. The quantitative estimate of drug-likeness (QED) is 0.0305. The van der Waals surface area contributed by atoms with Gasteiger partial charge in [-0.05, 0) is 129 Å². The van der Waals surface area contributed by atoms with Crippen molar-refractivity contribution >= 4 is 32.3 Å². The SMILES string of the molecule is C=C(C)C(=O)C(CC)CCCCCCOc1ccc(/C=C/C(=C\CC)OCCCCOc2ccc(/C=C/C(=P)OC)cc2CCC)cc1CC. The zero-order chi connectivity index (χ0) is 36.6. The third-order valence-electron chi connectivity index (χ3n) is 8.62. The maximum Gasteiger partial charge on any atom is 0.161 e. The van der Waals surface area contributed by atoms with E-state index in [0.29, 0.717) is 30.9 Å². The van der Waals surface area contributed by atoms with Gasteiger partial charge >= 0.3 is 0 Å². The van der Waals surface area contributed by atoms with Crippen molar-refractivity contribution < 1.29 is 23.7 Å². The molecule has 0 spiro atoms. The Labute approximate surface area is 306 Å². The number of hydrogen-bond acceptors (Lipinski definition) is 5. The second kappa shape index (κ2) is 25.5. The summed E-state index contributed by atoms with van der Waals surface area (Å²) >= 11 is 0. The van der Waals surface area contributed by atoms with Gasteiger partial charge < -0.3 is 18.9 Å². The number of benzene rings is 2. The van der Waals surface area contributed by atoms with Crippen molar-refractivity contribution in [2.45, 2.75) is 112 Å². The number of Topliss-reactive ketones (excluding diaryl/α,β-unsaturated/α-hetero) is 1. The van der Waals surface area contributed by atoms with Crippen LogP contribution >= 0.6 is 8.86 Å². The van der Waals surface area contributed by atoms with Crippen molar-refractivity contribution in [1.29, 1.82) is 0 Å². The lowest BCUT2D eigenvalue weighted by atomic mass is 9.91. The number of ether oxygens (including phenoxy) is 4. The number of carbonyl (C=O) groups is 1. The van der Waals surface area contributed by atoms with Crippen LogP contribution in [0, 0.1) is 5.92 Å². The van der Waals surface area contributed by atoms with E-state index in [0.717, 1.165) is 105 Å². The summed E-state index contributed by atoms with van der Waals surface area (Å²) in [4.78, 5) is 12.2. The Kier molecular flexibility index (Phi) is 21.8. The van der Waals surface area contributed by atoms with Crippen LogP contribution in [0.4, 0.5) is 0 Å². The molecule has 2 rings (SSSR count). The minimum atomic E-state index is 0.125. The van der Waals surface area contributed by atoms with Crippen LogP contribution < -0.4 is 9.47 Å². The van der Waals surface area contributed by atoms with Crippen molar-refractivity contribution in [2.24, 2.45) is 5.92 Å². The molecule has 5 nitrogen and oxygen atoms in total. The molecule has 0 heterocycles. The highest BCUT2D eigenvalue weighted by atomic mass is 31.0. The molecule has 0 radical (unpaired) electrons. The first-order chi connectivity index (χ1) is 24.3. The van der Waals surface area contributed by atoms with E-state index in [1.165, 1.54) is 11.1 Å². The zero-order valence-corrected chi connectivity index (χ0v) is 32.8. The molecule has 0 aliphatic carbocycles. The molecule has 0 amide bonds. The maximum atomic E-state index is 12.2. The normalized spacial score (nSPS) is 12.4. The van der Waals surface area contributed by atoms with E-state index in [9.17, 15) is 4.79 Å². The molecular formula is C44H63O5P. The van der Waals surface area contributed by atoms with Crippen molar-refractivity contribution in [3.8, 4) is 11.5 Å². The number of rotatable bonds is 27. The lowest BCUT2D eigenvalue weighted by Crippen LogP contribution is -2.14. The number of ketones is 1. The summed E-state index contributed by atoms with van der Waals surface area (Å²) in [7, 11) is 5.06. The minimum absolute atomic E-state index is 0.125. The van der Waals surface area contributed by atoms with Gasteiger partial charge in [0.2, 0.25) is 0 Å². The van der Waals surface area contributed by atoms with Crippen LogP contribution in [0.15, 0.2) is 72.5 Å². The lowest BCUT2D eigenvalue weighted by molar-refractivity contribution is -0.119. The van der Waals surface area contributed by atoms with Crippen molar-refractivity contribution in [2.75, 3.05) is 26.9 Å². The van der Waals surface area contributed by atoms with Gasteiger partial charge in [0.05, 0.1) is 25.3 Å². The Morgan fingerprint density at radius 2 is 1.42 bits per heavy atom. The first-order valence-electron chi connectivity index (χ1n) is 18.8. The van der Waals surface area contributed by atoms with Crippen LogP contribution in [-0.4, -0.2) is 38.2 Å². The summed E-state index contributed by atoms with van der Waals surface area (Å²) in [6.07, 6.45) is 22.1. The molecule has 2 aromatic rings. The number of allylic oxidation sites excluding steroid dienone is 3. The molecule has 50 heavy (non-hydrogen) atoms. The molecule has 1 atom stereocenters. The standard InChI is InChI=1S/C44H63O5P/c1-8-18-39-33-36(24-28-43(50)46-7)23-27-42(39)49-31-17-16-29-47-40(19-9-2)25-21-35-22-26-41(38(11-4)32-35)48-30-15-13-12-14-20-37(10-3)44(45)34(5)6/h19,21-28,32-33,37,50H,5,8-18,20,29-31H2,1-4,6-7H3/b25-21+,28-24+,40-19+. The Morgan fingerprint density at radius 3 is 2.02 bits per heavy atom. The molecule has 274 valence electrons. The van der Waals surface area contributed by atoms with E-state index < -0.39 is 0 Å². The summed E-state index contributed by atoms with van der Waals surface area (Å²) in [6.45, 7) is 16.2. The average Bonchev–Trinajstić information content (AvgIpc) is 3.12. The lowest BCUT2D eigenvalue weighted by Gasteiger charge is -2.14. The Hall–Kier alpha value is -3.40. The van der Waals surface area contributed by atoms with Gasteiger partial charge in [-0.25, -0.2) is 0 Å². The summed E-state index contributed by atoms with van der Waals surface area (Å²) in [5.74, 6) is 3.17. The summed E-state index contributed by atoms with van der Waals surface area (Å²) in [6, 6.07) is 12.7. The number of methoxy groups -OCH3 is 1. The first kappa shape index (κ1) is 42.8. The maximum absolute atomic E-state index is 12.2. The van der Waals surface area contributed by atoms with Gasteiger partial charge in [0.1, 0.15) is 17.3 Å². The minimum Gasteiger partial charge on any atom is -0.494 e. The predicted octanol–water partition coefficient (Wildman–Crippen LogP) is 11.8. The van der Waals surface area contributed by atoms with Gasteiger partial charge in [0, 0.05) is 13.0 Å². The molecular weight excluding hydrogens is 639 g/mol. The highest BCUT2D eigenvalue weighted by Gasteiger charge is 2.16. The largest absolute Gasteiger partial charge is 0.494 e. The van der Waals surface area contributed by atoms with Crippen LogP contribution in [0.3, 0.4) is 0 Å². The van der Waals surface area contributed by atoms with E-state index in [-0.39, 0.29) is 11.7 Å². The smallest absolute Gasteiger partial charge is 0.161 e. The molecule has 0 N–H and O–H groups in total. The Balaban J connectivity index is 1.78. The molecule has 6 heteroatoms. The van der Waals surface area contributed by atoms with Gasteiger partial charge in [-0.3, -0.25) is 4.79 Å². The molecule has 1 unspecified atom stereocenters. The highest BCUT2D eigenvalue weighted by Crippen LogP contribution is 2.25. The van der Waals surface area contributed by atoms with E-state index in [4.69, 9.17) is 18.9 Å². The molecule has 0 bridgehead atoms. The number of hydrogen-bond donors (Lipinski definition) is 0. The Bertz CT molecular complexity index is 1420. The molecule has 0 aliphatic heterocycles.